The average Bonchev–Trinajstić information content (AvgIpc) is 3.17. The van der Waals surface area contributed by atoms with Crippen molar-refractivity contribution >= 4 is 40.9 Å². The highest BCUT2D eigenvalue weighted by Gasteiger charge is 2.37. The summed E-state index contributed by atoms with van der Waals surface area (Å²) in [6.07, 6.45) is 1.44. The van der Waals surface area contributed by atoms with E-state index in [-0.39, 0.29) is 22.8 Å². The largest absolute Gasteiger partial charge is 0.493 e. The van der Waals surface area contributed by atoms with E-state index in [4.69, 9.17) is 14.2 Å². The minimum absolute atomic E-state index is 0.147. The number of nitrogens with zero attached hydrogens (tertiary/aromatic N) is 1. The van der Waals surface area contributed by atoms with Crippen LogP contribution in [0.5, 0.6) is 17.2 Å². The first-order valence-corrected chi connectivity index (χ1v) is 8.63. The molecule has 0 bridgehead atoms. The molecule has 0 aliphatic carbocycles. The molecule has 1 aliphatic heterocycles. The number of carbonyl (C=O) groups is 3. The lowest BCUT2D eigenvalue weighted by Gasteiger charge is -2.27. The van der Waals surface area contributed by atoms with Gasteiger partial charge in [-0.05, 0) is 17.5 Å². The number of hydrogen-bond acceptors (Lipinski definition) is 7. The normalized spacial score (nSPS) is 15.7. The van der Waals surface area contributed by atoms with Gasteiger partial charge in [-0.1, -0.05) is 6.07 Å². The van der Waals surface area contributed by atoms with Crippen LogP contribution in [0.1, 0.15) is 4.88 Å². The highest BCUT2D eigenvalue weighted by atomic mass is 32.1. The van der Waals surface area contributed by atoms with E-state index in [2.05, 4.69) is 5.32 Å². The molecular weight excluding hydrogens is 372 g/mol. The third-order valence-corrected chi connectivity index (χ3v) is 4.66. The summed E-state index contributed by atoms with van der Waals surface area (Å²) in [5, 5.41) is 3.99. The lowest BCUT2D eigenvalue weighted by atomic mass is 10.1. The van der Waals surface area contributed by atoms with Gasteiger partial charge in [-0.2, -0.15) is 0 Å². The zero-order valence-corrected chi connectivity index (χ0v) is 15.6. The molecule has 1 aromatic carbocycles. The number of rotatable bonds is 5. The van der Waals surface area contributed by atoms with Gasteiger partial charge in [0.2, 0.25) is 5.75 Å². The van der Waals surface area contributed by atoms with Gasteiger partial charge in [0, 0.05) is 17.0 Å². The van der Waals surface area contributed by atoms with E-state index < -0.39 is 17.8 Å². The van der Waals surface area contributed by atoms with Crippen molar-refractivity contribution in [3.05, 3.63) is 40.1 Å². The Morgan fingerprint density at radius 2 is 1.70 bits per heavy atom. The number of urea groups is 1. The third-order valence-electron chi connectivity index (χ3n) is 3.84. The fraction of sp³-hybridized carbons (Fsp3) is 0.167. The number of benzene rings is 1. The Balaban J connectivity index is 2.08. The third kappa shape index (κ3) is 3.36. The molecule has 0 radical (unpaired) electrons. The molecule has 3 rings (SSSR count). The van der Waals surface area contributed by atoms with Crippen molar-refractivity contribution in [2.24, 2.45) is 0 Å². The summed E-state index contributed by atoms with van der Waals surface area (Å²) in [5.41, 5.74) is 0.0300. The van der Waals surface area contributed by atoms with E-state index in [1.54, 1.807) is 12.1 Å². The summed E-state index contributed by atoms with van der Waals surface area (Å²) < 4.78 is 15.8. The molecule has 27 heavy (non-hydrogen) atoms. The Morgan fingerprint density at radius 3 is 2.22 bits per heavy atom. The van der Waals surface area contributed by atoms with Crippen molar-refractivity contribution in [1.29, 1.82) is 0 Å². The van der Waals surface area contributed by atoms with E-state index >= 15 is 0 Å². The summed E-state index contributed by atoms with van der Waals surface area (Å²) in [6, 6.07) is 5.61. The molecule has 0 unspecified atom stereocenters. The molecule has 1 N–H and O–H groups in total. The van der Waals surface area contributed by atoms with Gasteiger partial charge >= 0.3 is 6.03 Å². The van der Waals surface area contributed by atoms with Gasteiger partial charge in [0.05, 0.1) is 27.0 Å². The van der Waals surface area contributed by atoms with E-state index in [1.807, 2.05) is 5.38 Å². The van der Waals surface area contributed by atoms with Crippen LogP contribution in [0.2, 0.25) is 0 Å². The van der Waals surface area contributed by atoms with Crippen LogP contribution in [0.25, 0.3) is 6.08 Å². The Kier molecular flexibility index (Phi) is 5.13. The van der Waals surface area contributed by atoms with Crippen LogP contribution in [-0.2, 0) is 9.59 Å². The summed E-state index contributed by atoms with van der Waals surface area (Å²) in [7, 11) is 4.29. The minimum Gasteiger partial charge on any atom is -0.493 e. The van der Waals surface area contributed by atoms with Crippen molar-refractivity contribution in [2.45, 2.75) is 0 Å². The molecule has 1 saturated heterocycles. The Bertz CT molecular complexity index is 910. The fourth-order valence-corrected chi connectivity index (χ4v) is 3.26. The molecule has 0 atom stereocenters. The van der Waals surface area contributed by atoms with Crippen molar-refractivity contribution in [3.8, 4) is 17.2 Å². The van der Waals surface area contributed by atoms with E-state index in [9.17, 15) is 14.4 Å². The number of carbonyl (C=O) groups excluding carboxylic acids is 3. The Labute approximate surface area is 158 Å². The van der Waals surface area contributed by atoms with Gasteiger partial charge in [0.25, 0.3) is 11.8 Å². The van der Waals surface area contributed by atoms with Crippen molar-refractivity contribution in [2.75, 3.05) is 26.2 Å². The number of ether oxygens (including phenoxy) is 3. The van der Waals surface area contributed by atoms with Crippen LogP contribution < -0.4 is 24.4 Å². The van der Waals surface area contributed by atoms with Gasteiger partial charge in [-0.3, -0.25) is 14.9 Å². The number of nitrogens with one attached hydrogen (secondary N) is 1. The molecular formula is C18H16N2O6S. The number of thiophene rings is 1. The highest BCUT2D eigenvalue weighted by Crippen LogP contribution is 2.41. The first-order chi connectivity index (χ1) is 13.0. The number of hydrogen-bond donors (Lipinski definition) is 1. The number of barbiturate groups is 1. The molecule has 1 aromatic heterocycles. The summed E-state index contributed by atoms with van der Waals surface area (Å²) in [5.74, 6) is -0.631. The van der Waals surface area contributed by atoms with Gasteiger partial charge in [-0.15, -0.1) is 11.3 Å². The Hall–Kier alpha value is -3.33. The zero-order valence-electron chi connectivity index (χ0n) is 14.8. The van der Waals surface area contributed by atoms with Crippen LogP contribution >= 0.6 is 11.3 Å². The maximum absolute atomic E-state index is 12.9. The van der Waals surface area contributed by atoms with Crippen molar-refractivity contribution in [3.63, 3.8) is 0 Å². The number of imide groups is 2. The van der Waals surface area contributed by atoms with Crippen LogP contribution in [-0.4, -0.2) is 39.2 Å². The predicted octanol–water partition coefficient (Wildman–Crippen LogP) is 2.44. The maximum Gasteiger partial charge on any atom is 0.335 e. The Morgan fingerprint density at radius 1 is 1.04 bits per heavy atom. The molecule has 8 nitrogen and oxygen atoms in total. The smallest absolute Gasteiger partial charge is 0.335 e. The number of amides is 4. The lowest BCUT2D eigenvalue weighted by Crippen LogP contribution is -2.54. The van der Waals surface area contributed by atoms with Crippen molar-refractivity contribution in [1.82, 2.24) is 5.32 Å². The van der Waals surface area contributed by atoms with Gasteiger partial charge in [0.1, 0.15) is 5.57 Å². The SMILES string of the molecule is COc1cc(N2C(=O)NC(=O)/C(=C\c3cccs3)C2=O)cc(OC)c1OC. The van der Waals surface area contributed by atoms with Crippen molar-refractivity contribution < 1.29 is 28.6 Å². The standard InChI is InChI=1S/C18H16N2O6S/c1-24-13-7-10(8-14(25-2)15(13)26-3)20-17(22)12(16(21)19-18(20)23)9-11-5-4-6-27-11/h4-9H,1-3H3,(H,19,21,23)/b12-9+. The van der Waals surface area contributed by atoms with Gasteiger partial charge in [-0.25, -0.2) is 9.69 Å². The zero-order chi connectivity index (χ0) is 19.6. The molecule has 2 heterocycles. The summed E-state index contributed by atoms with van der Waals surface area (Å²) in [4.78, 5) is 39.0. The molecule has 0 saturated carbocycles. The quantitative estimate of drug-likeness (QED) is 0.625. The topological polar surface area (TPSA) is 94.2 Å². The predicted molar refractivity (Wildman–Crippen MR) is 99.4 cm³/mol. The fourth-order valence-electron chi connectivity index (χ4n) is 2.60. The molecule has 9 heteroatoms. The molecule has 1 fully saturated rings. The second-order valence-electron chi connectivity index (χ2n) is 5.36. The first kappa shape index (κ1) is 18.5. The van der Waals surface area contributed by atoms with Crippen LogP contribution in [0.15, 0.2) is 35.2 Å². The number of anilines is 1. The molecule has 2 aromatic rings. The molecule has 4 amide bonds. The average molecular weight is 388 g/mol. The lowest BCUT2D eigenvalue weighted by molar-refractivity contribution is -0.122. The van der Waals surface area contributed by atoms with Crippen LogP contribution in [0.4, 0.5) is 10.5 Å². The van der Waals surface area contributed by atoms with E-state index in [0.29, 0.717) is 10.6 Å². The second kappa shape index (κ2) is 7.50. The maximum atomic E-state index is 12.9. The summed E-state index contributed by atoms with van der Waals surface area (Å²) >= 11 is 1.37. The monoisotopic (exact) mass is 388 g/mol. The van der Waals surface area contributed by atoms with E-state index in [1.165, 1.54) is 50.9 Å². The van der Waals surface area contributed by atoms with Crippen LogP contribution in [0.3, 0.4) is 0 Å². The molecule has 1 aliphatic rings. The molecule has 140 valence electrons. The first-order valence-electron chi connectivity index (χ1n) is 7.75. The second-order valence-corrected chi connectivity index (χ2v) is 6.34. The molecule has 0 spiro atoms. The van der Waals surface area contributed by atoms with Gasteiger partial charge in [0.15, 0.2) is 11.5 Å². The highest BCUT2D eigenvalue weighted by molar-refractivity contribution is 7.10. The van der Waals surface area contributed by atoms with E-state index in [0.717, 1.165) is 4.90 Å². The number of methoxy groups -OCH3 is 3. The summed E-state index contributed by atoms with van der Waals surface area (Å²) in [6.45, 7) is 0. The van der Waals surface area contributed by atoms with Gasteiger partial charge < -0.3 is 14.2 Å². The minimum atomic E-state index is -0.859. The van der Waals surface area contributed by atoms with Crippen LogP contribution in [0, 0.1) is 0 Å².